The number of carboxylic acids is 1. The van der Waals surface area contributed by atoms with Gasteiger partial charge in [-0.05, 0) is 19.3 Å². The SMILES string of the molecule is CC(=O)N(C)CC(=O)NC1CCC(C(=O)O)C1. The van der Waals surface area contributed by atoms with Gasteiger partial charge in [0.15, 0.2) is 0 Å². The van der Waals surface area contributed by atoms with Crippen LogP contribution in [0.4, 0.5) is 0 Å². The maximum Gasteiger partial charge on any atom is 0.306 e. The standard InChI is InChI=1S/C11H18N2O4/c1-7(14)13(2)6-10(15)12-9-4-3-8(5-9)11(16)17/h8-9H,3-6H2,1-2H3,(H,12,15)(H,16,17). The smallest absolute Gasteiger partial charge is 0.306 e. The van der Waals surface area contributed by atoms with Crippen molar-refractivity contribution in [3.05, 3.63) is 0 Å². The summed E-state index contributed by atoms with van der Waals surface area (Å²) in [6, 6.07) is -0.0797. The van der Waals surface area contributed by atoms with E-state index in [0.717, 1.165) is 0 Å². The predicted molar refractivity (Wildman–Crippen MR) is 60.2 cm³/mol. The Hall–Kier alpha value is -1.59. The molecule has 0 bridgehead atoms. The molecule has 1 saturated carbocycles. The molecule has 1 fully saturated rings. The van der Waals surface area contributed by atoms with Crippen LogP contribution in [0.1, 0.15) is 26.2 Å². The molecule has 1 aliphatic carbocycles. The van der Waals surface area contributed by atoms with Gasteiger partial charge in [0.25, 0.3) is 0 Å². The zero-order valence-corrected chi connectivity index (χ0v) is 10.1. The third kappa shape index (κ3) is 4.05. The minimum atomic E-state index is -0.803. The van der Waals surface area contributed by atoms with Crippen LogP contribution in [0.25, 0.3) is 0 Å². The number of amides is 2. The average Bonchev–Trinajstić information content (AvgIpc) is 2.65. The zero-order valence-electron chi connectivity index (χ0n) is 10.1. The van der Waals surface area contributed by atoms with Crippen molar-refractivity contribution in [1.82, 2.24) is 10.2 Å². The maximum absolute atomic E-state index is 11.5. The van der Waals surface area contributed by atoms with Crippen molar-refractivity contribution >= 4 is 17.8 Å². The van der Waals surface area contributed by atoms with Crippen LogP contribution in [0, 0.1) is 5.92 Å². The predicted octanol–water partition coefficient (Wildman–Crippen LogP) is -0.166. The van der Waals surface area contributed by atoms with Crippen molar-refractivity contribution in [3.63, 3.8) is 0 Å². The van der Waals surface area contributed by atoms with E-state index in [1.165, 1.54) is 11.8 Å². The summed E-state index contributed by atoms with van der Waals surface area (Å²) in [6.07, 6.45) is 1.76. The van der Waals surface area contributed by atoms with Crippen LogP contribution in [0.3, 0.4) is 0 Å². The Balaban J connectivity index is 2.33. The van der Waals surface area contributed by atoms with Crippen LogP contribution in [-0.4, -0.2) is 47.4 Å². The van der Waals surface area contributed by atoms with Gasteiger partial charge in [0, 0.05) is 20.0 Å². The number of rotatable bonds is 4. The van der Waals surface area contributed by atoms with Crippen LogP contribution in [-0.2, 0) is 14.4 Å². The van der Waals surface area contributed by atoms with E-state index >= 15 is 0 Å². The van der Waals surface area contributed by atoms with E-state index in [2.05, 4.69) is 5.32 Å². The first-order valence-electron chi connectivity index (χ1n) is 5.64. The summed E-state index contributed by atoms with van der Waals surface area (Å²) >= 11 is 0. The Kier molecular flexibility index (Phi) is 4.48. The molecule has 0 spiro atoms. The lowest BCUT2D eigenvalue weighted by Crippen LogP contribution is -2.41. The van der Waals surface area contributed by atoms with E-state index in [0.29, 0.717) is 19.3 Å². The lowest BCUT2D eigenvalue weighted by atomic mass is 10.1. The molecule has 2 unspecified atom stereocenters. The van der Waals surface area contributed by atoms with Gasteiger partial charge in [-0.3, -0.25) is 14.4 Å². The molecular weight excluding hydrogens is 224 g/mol. The quantitative estimate of drug-likeness (QED) is 0.717. The molecule has 0 saturated heterocycles. The molecule has 17 heavy (non-hydrogen) atoms. The number of nitrogens with zero attached hydrogens (tertiary/aromatic N) is 1. The molecule has 0 aromatic heterocycles. The molecule has 0 aromatic rings. The van der Waals surface area contributed by atoms with Gasteiger partial charge in [-0.25, -0.2) is 0 Å². The highest BCUT2D eigenvalue weighted by molar-refractivity contribution is 5.83. The molecule has 2 N–H and O–H groups in total. The Bertz CT molecular complexity index is 329. The third-order valence-corrected chi connectivity index (χ3v) is 3.07. The van der Waals surface area contributed by atoms with Crippen molar-refractivity contribution < 1.29 is 19.5 Å². The molecule has 6 heteroatoms. The van der Waals surface area contributed by atoms with Gasteiger partial charge >= 0.3 is 5.97 Å². The summed E-state index contributed by atoms with van der Waals surface area (Å²) in [4.78, 5) is 34.5. The Morgan fingerprint density at radius 1 is 1.35 bits per heavy atom. The number of carboxylic acid groups (broad SMARTS) is 1. The molecule has 1 rings (SSSR count). The highest BCUT2D eigenvalue weighted by Crippen LogP contribution is 2.25. The summed E-state index contributed by atoms with van der Waals surface area (Å²) in [5.41, 5.74) is 0. The molecule has 0 aliphatic heterocycles. The van der Waals surface area contributed by atoms with Crippen molar-refractivity contribution in [3.8, 4) is 0 Å². The number of carbonyl (C=O) groups is 3. The van der Waals surface area contributed by atoms with Crippen LogP contribution >= 0.6 is 0 Å². The second kappa shape index (κ2) is 5.65. The van der Waals surface area contributed by atoms with Gasteiger partial charge in [-0.1, -0.05) is 0 Å². The number of hydrogen-bond donors (Lipinski definition) is 2. The van der Waals surface area contributed by atoms with Crippen molar-refractivity contribution in [2.45, 2.75) is 32.2 Å². The van der Waals surface area contributed by atoms with Crippen molar-refractivity contribution in [2.75, 3.05) is 13.6 Å². The molecule has 2 amide bonds. The maximum atomic E-state index is 11.5. The molecule has 2 atom stereocenters. The van der Waals surface area contributed by atoms with Gasteiger partial charge < -0.3 is 15.3 Å². The summed E-state index contributed by atoms with van der Waals surface area (Å²) in [5, 5.41) is 11.6. The molecule has 0 aromatic carbocycles. The summed E-state index contributed by atoms with van der Waals surface area (Å²) < 4.78 is 0. The van der Waals surface area contributed by atoms with Crippen LogP contribution in [0.15, 0.2) is 0 Å². The fraction of sp³-hybridized carbons (Fsp3) is 0.727. The van der Waals surface area contributed by atoms with E-state index < -0.39 is 5.97 Å². The van der Waals surface area contributed by atoms with Crippen LogP contribution in [0.5, 0.6) is 0 Å². The fourth-order valence-corrected chi connectivity index (χ4v) is 1.94. The molecular formula is C11H18N2O4. The zero-order chi connectivity index (χ0) is 13.0. The van der Waals surface area contributed by atoms with Gasteiger partial charge in [-0.2, -0.15) is 0 Å². The normalized spacial score (nSPS) is 23.2. The Labute approximate surface area is 100.0 Å². The average molecular weight is 242 g/mol. The first kappa shape index (κ1) is 13.5. The first-order chi connectivity index (χ1) is 7.90. The Morgan fingerprint density at radius 3 is 2.47 bits per heavy atom. The lowest BCUT2D eigenvalue weighted by molar-refractivity contribution is -0.141. The van der Waals surface area contributed by atoms with Crippen molar-refractivity contribution in [1.29, 1.82) is 0 Å². The summed E-state index contributed by atoms with van der Waals surface area (Å²) in [6.45, 7) is 1.41. The molecule has 96 valence electrons. The van der Waals surface area contributed by atoms with Crippen LogP contribution in [0.2, 0.25) is 0 Å². The number of aliphatic carboxylic acids is 1. The second-order valence-electron chi connectivity index (χ2n) is 4.49. The minimum absolute atomic E-state index is 0.0174. The second-order valence-corrected chi connectivity index (χ2v) is 4.49. The number of likely N-dealkylation sites (N-methyl/N-ethyl adjacent to an activating group) is 1. The Morgan fingerprint density at radius 2 is 2.00 bits per heavy atom. The fourth-order valence-electron chi connectivity index (χ4n) is 1.94. The summed E-state index contributed by atoms with van der Waals surface area (Å²) in [7, 11) is 1.55. The molecule has 0 radical (unpaired) electrons. The topological polar surface area (TPSA) is 86.7 Å². The lowest BCUT2D eigenvalue weighted by Gasteiger charge is -2.17. The van der Waals surface area contributed by atoms with Gasteiger partial charge in [0.2, 0.25) is 11.8 Å². The largest absolute Gasteiger partial charge is 0.481 e. The van der Waals surface area contributed by atoms with E-state index in [-0.39, 0.29) is 30.3 Å². The van der Waals surface area contributed by atoms with Crippen LogP contribution < -0.4 is 5.32 Å². The van der Waals surface area contributed by atoms with E-state index in [1.54, 1.807) is 7.05 Å². The minimum Gasteiger partial charge on any atom is -0.481 e. The van der Waals surface area contributed by atoms with E-state index in [9.17, 15) is 14.4 Å². The first-order valence-corrected chi connectivity index (χ1v) is 5.64. The van der Waals surface area contributed by atoms with Crippen molar-refractivity contribution in [2.24, 2.45) is 5.92 Å². The monoisotopic (exact) mass is 242 g/mol. The number of carbonyl (C=O) groups excluding carboxylic acids is 2. The summed E-state index contributed by atoms with van der Waals surface area (Å²) in [5.74, 6) is -1.57. The molecule has 0 heterocycles. The highest BCUT2D eigenvalue weighted by atomic mass is 16.4. The molecule has 6 nitrogen and oxygen atoms in total. The number of hydrogen-bond acceptors (Lipinski definition) is 3. The van der Waals surface area contributed by atoms with Gasteiger partial charge in [0.1, 0.15) is 0 Å². The third-order valence-electron chi connectivity index (χ3n) is 3.07. The van der Waals surface area contributed by atoms with E-state index in [1.807, 2.05) is 0 Å². The molecule has 1 aliphatic rings. The van der Waals surface area contributed by atoms with Gasteiger partial charge in [-0.15, -0.1) is 0 Å². The number of nitrogens with one attached hydrogen (secondary N) is 1. The van der Waals surface area contributed by atoms with E-state index in [4.69, 9.17) is 5.11 Å². The highest BCUT2D eigenvalue weighted by Gasteiger charge is 2.30. The van der Waals surface area contributed by atoms with Gasteiger partial charge in [0.05, 0.1) is 12.5 Å².